The third-order valence-electron chi connectivity index (χ3n) is 6.97. The van der Waals surface area contributed by atoms with Crippen molar-refractivity contribution in [1.82, 2.24) is 10.2 Å². The largest absolute Gasteiger partial charge is 0.486 e. The smallest absolute Gasteiger partial charge is 0.244 e. The van der Waals surface area contributed by atoms with Gasteiger partial charge in [-0.2, -0.15) is 0 Å². The van der Waals surface area contributed by atoms with E-state index in [2.05, 4.69) is 5.32 Å². The lowest BCUT2D eigenvalue weighted by atomic mass is 10.1. The highest BCUT2D eigenvalue weighted by molar-refractivity contribution is 7.92. The van der Waals surface area contributed by atoms with E-state index in [0.29, 0.717) is 46.7 Å². The van der Waals surface area contributed by atoms with Crippen LogP contribution in [0.4, 0.5) is 5.69 Å². The Kier molecular flexibility index (Phi) is 9.51. The number of fused-ring (bicyclic) bond motifs is 1. The molecule has 2 aromatic carbocycles. The molecule has 2 aromatic rings. The number of rotatable bonds is 10. The highest BCUT2D eigenvalue weighted by Crippen LogP contribution is 2.35. The molecule has 0 unspecified atom stereocenters. The average molecular weight is 599 g/mol. The second kappa shape index (κ2) is 12.7. The first-order valence-electron chi connectivity index (χ1n) is 13.0. The van der Waals surface area contributed by atoms with Gasteiger partial charge in [-0.05, 0) is 43.5 Å². The molecular weight excluding hydrogens is 565 g/mol. The van der Waals surface area contributed by atoms with Crippen molar-refractivity contribution < 1.29 is 27.5 Å². The summed E-state index contributed by atoms with van der Waals surface area (Å²) in [5.41, 5.74) is 0.723. The Morgan fingerprint density at radius 2 is 1.69 bits per heavy atom. The maximum atomic E-state index is 13.9. The Bertz CT molecular complexity index is 1300. The molecule has 0 aromatic heterocycles. The maximum absolute atomic E-state index is 13.9. The highest BCUT2D eigenvalue weighted by Gasteiger charge is 2.34. The van der Waals surface area contributed by atoms with E-state index in [-0.39, 0.29) is 24.2 Å². The minimum Gasteiger partial charge on any atom is -0.486 e. The molecule has 1 saturated carbocycles. The van der Waals surface area contributed by atoms with E-state index in [1.54, 1.807) is 30.3 Å². The average Bonchev–Trinajstić information content (AvgIpc) is 3.40. The fourth-order valence-corrected chi connectivity index (χ4v) is 6.30. The summed E-state index contributed by atoms with van der Waals surface area (Å²) >= 11 is 12.9. The molecule has 212 valence electrons. The van der Waals surface area contributed by atoms with E-state index >= 15 is 0 Å². The van der Waals surface area contributed by atoms with Crippen LogP contribution in [-0.2, 0) is 26.2 Å². The third kappa shape index (κ3) is 7.10. The Balaban J connectivity index is 1.66. The molecular formula is C27H33Cl2N3O6S. The summed E-state index contributed by atoms with van der Waals surface area (Å²) in [6.07, 6.45) is 5.19. The molecule has 4 rings (SSSR count). The molecule has 39 heavy (non-hydrogen) atoms. The molecule has 1 atom stereocenters. The number of ether oxygens (including phenoxy) is 2. The summed E-state index contributed by atoms with van der Waals surface area (Å²) in [5, 5.41) is 3.76. The first-order chi connectivity index (χ1) is 18.6. The minimum absolute atomic E-state index is 0.0534. The molecule has 1 aliphatic heterocycles. The van der Waals surface area contributed by atoms with Gasteiger partial charge in [0.25, 0.3) is 0 Å². The molecule has 1 heterocycles. The predicted molar refractivity (Wildman–Crippen MR) is 151 cm³/mol. The van der Waals surface area contributed by atoms with Crippen LogP contribution in [0.25, 0.3) is 0 Å². The number of nitrogens with zero attached hydrogens (tertiary/aromatic N) is 2. The molecule has 2 aliphatic rings. The SMILES string of the molecule is CC[C@H](C(=O)NC1CCCC1)N(Cc1c(Cl)cccc1Cl)C(=O)CN(c1ccc2c(c1)OCCO2)S(C)(=O)=O. The Morgan fingerprint density at radius 1 is 1.05 bits per heavy atom. The van der Waals surface area contributed by atoms with E-state index in [1.807, 2.05) is 6.92 Å². The summed E-state index contributed by atoms with van der Waals surface area (Å²) in [6, 6.07) is 8.90. The first-order valence-corrected chi connectivity index (χ1v) is 15.6. The van der Waals surface area contributed by atoms with E-state index in [0.717, 1.165) is 36.2 Å². The van der Waals surface area contributed by atoms with Crippen LogP contribution in [0.1, 0.15) is 44.6 Å². The quantitative estimate of drug-likeness (QED) is 0.435. The van der Waals surface area contributed by atoms with Crippen LogP contribution < -0.4 is 19.1 Å². The summed E-state index contributed by atoms with van der Waals surface area (Å²) in [7, 11) is -3.90. The van der Waals surface area contributed by atoms with Crippen molar-refractivity contribution in [1.29, 1.82) is 0 Å². The molecule has 2 amide bonds. The zero-order chi connectivity index (χ0) is 28.2. The second-order valence-electron chi connectivity index (χ2n) is 9.73. The fourth-order valence-electron chi connectivity index (χ4n) is 4.94. The summed E-state index contributed by atoms with van der Waals surface area (Å²) in [5.74, 6) is 0.0298. The van der Waals surface area contributed by atoms with Crippen LogP contribution in [-0.4, -0.2) is 63.2 Å². The molecule has 0 spiro atoms. The standard InChI is InChI=1S/C27H33Cl2N3O6S/c1-3-23(27(34)30-18-7-4-5-8-18)31(16-20-21(28)9-6-10-22(20)29)26(33)17-32(39(2,35)36)19-11-12-24-25(15-19)38-14-13-37-24/h6,9-12,15,18,23H,3-5,7-8,13-14,16-17H2,1-2H3,(H,30,34)/t23-/m1/s1. The maximum Gasteiger partial charge on any atom is 0.244 e. The molecule has 12 heteroatoms. The lowest BCUT2D eigenvalue weighted by molar-refractivity contribution is -0.140. The first kappa shape index (κ1) is 29.3. The van der Waals surface area contributed by atoms with Gasteiger partial charge in [0.1, 0.15) is 25.8 Å². The van der Waals surface area contributed by atoms with Crippen LogP contribution in [0.15, 0.2) is 36.4 Å². The molecule has 1 fully saturated rings. The van der Waals surface area contributed by atoms with Gasteiger partial charge in [-0.3, -0.25) is 13.9 Å². The van der Waals surface area contributed by atoms with E-state index < -0.39 is 28.5 Å². The molecule has 1 aliphatic carbocycles. The lowest BCUT2D eigenvalue weighted by Crippen LogP contribution is -2.53. The number of anilines is 1. The van der Waals surface area contributed by atoms with Crippen LogP contribution in [0, 0.1) is 0 Å². The van der Waals surface area contributed by atoms with Gasteiger partial charge in [0.15, 0.2) is 11.5 Å². The van der Waals surface area contributed by atoms with Crippen molar-refractivity contribution in [3.05, 3.63) is 52.0 Å². The lowest BCUT2D eigenvalue weighted by Gasteiger charge is -2.34. The summed E-state index contributed by atoms with van der Waals surface area (Å²) in [4.78, 5) is 28.7. The van der Waals surface area contributed by atoms with Gasteiger partial charge in [0.2, 0.25) is 21.8 Å². The highest BCUT2D eigenvalue weighted by atomic mass is 35.5. The summed E-state index contributed by atoms with van der Waals surface area (Å²) in [6.45, 7) is 1.93. The van der Waals surface area contributed by atoms with E-state index in [4.69, 9.17) is 32.7 Å². The number of carbonyl (C=O) groups excluding carboxylic acids is 2. The summed E-state index contributed by atoms with van der Waals surface area (Å²) < 4.78 is 37.9. The number of benzene rings is 2. The van der Waals surface area contributed by atoms with Crippen LogP contribution in [0.2, 0.25) is 10.0 Å². The number of halogens is 2. The van der Waals surface area contributed by atoms with Crippen LogP contribution in [0.3, 0.4) is 0 Å². The van der Waals surface area contributed by atoms with Crippen molar-refractivity contribution >= 4 is 50.7 Å². The number of hydrogen-bond acceptors (Lipinski definition) is 6. The van der Waals surface area contributed by atoms with Gasteiger partial charge in [-0.1, -0.05) is 49.0 Å². The van der Waals surface area contributed by atoms with Crippen LogP contribution >= 0.6 is 23.2 Å². The van der Waals surface area contributed by atoms with E-state index in [1.165, 1.54) is 11.0 Å². The van der Waals surface area contributed by atoms with Gasteiger partial charge in [0.05, 0.1) is 11.9 Å². The normalized spacial score (nSPS) is 16.0. The van der Waals surface area contributed by atoms with Gasteiger partial charge < -0.3 is 19.7 Å². The van der Waals surface area contributed by atoms with Crippen molar-refractivity contribution in [2.24, 2.45) is 0 Å². The predicted octanol–water partition coefficient (Wildman–Crippen LogP) is 4.40. The zero-order valence-corrected chi connectivity index (χ0v) is 24.3. The molecule has 0 radical (unpaired) electrons. The van der Waals surface area contributed by atoms with Crippen molar-refractivity contribution in [2.75, 3.05) is 30.3 Å². The second-order valence-corrected chi connectivity index (χ2v) is 12.5. The molecule has 9 nitrogen and oxygen atoms in total. The van der Waals surface area contributed by atoms with Gasteiger partial charge >= 0.3 is 0 Å². The minimum atomic E-state index is -3.90. The fraction of sp³-hybridized carbons (Fsp3) is 0.481. The zero-order valence-electron chi connectivity index (χ0n) is 22.0. The van der Waals surface area contributed by atoms with Crippen LogP contribution in [0.5, 0.6) is 11.5 Å². The molecule has 0 saturated heterocycles. The number of amides is 2. The van der Waals surface area contributed by atoms with Crippen molar-refractivity contribution in [2.45, 2.75) is 57.7 Å². The number of sulfonamides is 1. The molecule has 1 N–H and O–H groups in total. The van der Waals surface area contributed by atoms with Gasteiger partial charge in [0, 0.05) is 34.3 Å². The Labute approximate surface area is 239 Å². The van der Waals surface area contributed by atoms with Crippen molar-refractivity contribution in [3.8, 4) is 11.5 Å². The van der Waals surface area contributed by atoms with Crippen molar-refractivity contribution in [3.63, 3.8) is 0 Å². The van der Waals surface area contributed by atoms with Gasteiger partial charge in [-0.25, -0.2) is 8.42 Å². The number of carbonyl (C=O) groups is 2. The molecule has 0 bridgehead atoms. The monoisotopic (exact) mass is 597 g/mol. The van der Waals surface area contributed by atoms with E-state index in [9.17, 15) is 18.0 Å². The van der Waals surface area contributed by atoms with Gasteiger partial charge in [-0.15, -0.1) is 0 Å². The number of hydrogen-bond donors (Lipinski definition) is 1. The number of nitrogens with one attached hydrogen (secondary N) is 1. The Morgan fingerprint density at radius 3 is 2.31 bits per heavy atom. The third-order valence-corrected chi connectivity index (χ3v) is 8.82. The topological polar surface area (TPSA) is 105 Å². The Hall–Kier alpha value is -2.69.